The molecule has 1 saturated heterocycles. The van der Waals surface area contributed by atoms with E-state index in [0.717, 1.165) is 30.7 Å². The molecule has 116 valence electrons. The minimum Gasteiger partial charge on any atom is -0.391 e. The Bertz CT molecular complexity index is 464. The fourth-order valence-electron chi connectivity index (χ4n) is 2.52. The first kappa shape index (κ1) is 16.2. The second-order valence-corrected chi connectivity index (χ2v) is 6.75. The Kier molecular flexibility index (Phi) is 5.94. The summed E-state index contributed by atoms with van der Waals surface area (Å²) in [7, 11) is 0. The maximum absolute atomic E-state index is 12.2. The molecular formula is C16H24N2O2S. The molecule has 0 radical (unpaired) electrons. The van der Waals surface area contributed by atoms with Crippen LogP contribution < -0.4 is 5.32 Å². The van der Waals surface area contributed by atoms with Crippen molar-refractivity contribution in [2.45, 2.75) is 43.7 Å². The molecule has 0 saturated carbocycles. The molecule has 4 nitrogen and oxygen atoms in total. The predicted molar refractivity (Wildman–Crippen MR) is 86.6 cm³/mol. The number of carbonyl (C=O) groups is 1. The van der Waals surface area contributed by atoms with E-state index in [1.54, 1.807) is 4.90 Å². The van der Waals surface area contributed by atoms with Gasteiger partial charge in [0.1, 0.15) is 0 Å². The van der Waals surface area contributed by atoms with Crippen LogP contribution in [0.25, 0.3) is 0 Å². The number of carbonyl (C=O) groups excluding carboxylic acids is 1. The van der Waals surface area contributed by atoms with Crippen molar-refractivity contribution < 1.29 is 9.90 Å². The molecule has 2 N–H and O–H groups in total. The van der Waals surface area contributed by atoms with Gasteiger partial charge in [0.15, 0.2) is 0 Å². The molecule has 1 aliphatic rings. The maximum Gasteiger partial charge on any atom is 0.317 e. The van der Waals surface area contributed by atoms with Crippen LogP contribution in [-0.4, -0.2) is 41.0 Å². The van der Waals surface area contributed by atoms with Gasteiger partial charge < -0.3 is 15.3 Å². The van der Waals surface area contributed by atoms with Gasteiger partial charge in [0.2, 0.25) is 0 Å². The standard InChI is InChI=1S/C16H24N2O2S/c1-3-21-15-8-6-13(7-9-15)12(2)17-16(20)18-10-4-5-14(19)11-18/h6-9,12,14,19H,3-5,10-11H2,1-2H3,(H,17,20). The molecule has 1 heterocycles. The number of urea groups is 1. The molecule has 2 atom stereocenters. The van der Waals surface area contributed by atoms with Gasteiger partial charge in [-0.2, -0.15) is 0 Å². The molecule has 5 heteroatoms. The van der Waals surface area contributed by atoms with E-state index in [2.05, 4.69) is 36.5 Å². The number of thioether (sulfide) groups is 1. The predicted octanol–water partition coefficient (Wildman–Crippen LogP) is 3.03. The average Bonchev–Trinajstić information content (AvgIpc) is 2.48. The SMILES string of the molecule is CCSc1ccc(C(C)NC(=O)N2CCCC(O)C2)cc1. The summed E-state index contributed by atoms with van der Waals surface area (Å²) in [6.45, 7) is 5.28. The molecule has 2 amide bonds. The number of nitrogens with zero attached hydrogens (tertiary/aromatic N) is 1. The molecule has 1 fully saturated rings. The minimum atomic E-state index is -0.384. The summed E-state index contributed by atoms with van der Waals surface area (Å²) < 4.78 is 0. The van der Waals surface area contributed by atoms with E-state index in [0.29, 0.717) is 6.54 Å². The zero-order valence-corrected chi connectivity index (χ0v) is 13.5. The van der Waals surface area contributed by atoms with E-state index in [1.807, 2.05) is 18.7 Å². The van der Waals surface area contributed by atoms with E-state index in [1.165, 1.54) is 4.90 Å². The number of amides is 2. The van der Waals surface area contributed by atoms with Crippen LogP contribution in [0.3, 0.4) is 0 Å². The lowest BCUT2D eigenvalue weighted by atomic mass is 10.1. The highest BCUT2D eigenvalue weighted by Gasteiger charge is 2.23. The average molecular weight is 308 g/mol. The highest BCUT2D eigenvalue weighted by molar-refractivity contribution is 7.99. The summed E-state index contributed by atoms with van der Waals surface area (Å²) in [5, 5.41) is 12.6. The van der Waals surface area contributed by atoms with Crippen LogP contribution in [0.4, 0.5) is 4.79 Å². The topological polar surface area (TPSA) is 52.6 Å². The van der Waals surface area contributed by atoms with E-state index in [-0.39, 0.29) is 18.2 Å². The van der Waals surface area contributed by atoms with Crippen LogP contribution in [0, 0.1) is 0 Å². The molecule has 0 aliphatic carbocycles. The Labute approximate surface area is 130 Å². The van der Waals surface area contributed by atoms with Crippen molar-refractivity contribution in [3.05, 3.63) is 29.8 Å². The minimum absolute atomic E-state index is 0.0303. The van der Waals surface area contributed by atoms with Gasteiger partial charge in [0, 0.05) is 18.0 Å². The van der Waals surface area contributed by atoms with Crippen LogP contribution >= 0.6 is 11.8 Å². The zero-order valence-electron chi connectivity index (χ0n) is 12.7. The van der Waals surface area contributed by atoms with Crippen LogP contribution in [0.15, 0.2) is 29.2 Å². The molecule has 2 rings (SSSR count). The molecule has 2 unspecified atom stereocenters. The van der Waals surface area contributed by atoms with Crippen molar-refractivity contribution in [1.29, 1.82) is 0 Å². The lowest BCUT2D eigenvalue weighted by Gasteiger charge is -2.31. The van der Waals surface area contributed by atoms with E-state index in [4.69, 9.17) is 0 Å². The lowest BCUT2D eigenvalue weighted by Crippen LogP contribution is -2.47. The van der Waals surface area contributed by atoms with Crippen molar-refractivity contribution >= 4 is 17.8 Å². The van der Waals surface area contributed by atoms with Gasteiger partial charge in [-0.15, -0.1) is 11.8 Å². The molecular weight excluding hydrogens is 284 g/mol. The molecule has 21 heavy (non-hydrogen) atoms. The van der Waals surface area contributed by atoms with Crippen molar-refractivity contribution in [2.75, 3.05) is 18.8 Å². The Balaban J connectivity index is 1.90. The normalized spacial score (nSPS) is 20.1. The molecule has 1 aromatic carbocycles. The van der Waals surface area contributed by atoms with Gasteiger partial charge in [0.05, 0.1) is 12.1 Å². The number of aliphatic hydroxyl groups excluding tert-OH is 1. The molecule has 1 aromatic rings. The summed E-state index contributed by atoms with van der Waals surface area (Å²) in [5.74, 6) is 1.06. The number of hydrogen-bond donors (Lipinski definition) is 2. The van der Waals surface area contributed by atoms with Crippen molar-refractivity contribution in [2.24, 2.45) is 0 Å². The van der Waals surface area contributed by atoms with Gasteiger partial charge in [0.25, 0.3) is 0 Å². The molecule has 0 aromatic heterocycles. The van der Waals surface area contributed by atoms with E-state index in [9.17, 15) is 9.90 Å². The Morgan fingerprint density at radius 2 is 2.19 bits per heavy atom. The number of benzene rings is 1. The Morgan fingerprint density at radius 3 is 2.81 bits per heavy atom. The number of rotatable bonds is 4. The van der Waals surface area contributed by atoms with E-state index >= 15 is 0 Å². The first-order chi connectivity index (χ1) is 10.1. The zero-order chi connectivity index (χ0) is 15.2. The van der Waals surface area contributed by atoms with Gasteiger partial charge in [-0.3, -0.25) is 0 Å². The van der Waals surface area contributed by atoms with Crippen LogP contribution in [-0.2, 0) is 0 Å². The maximum atomic E-state index is 12.2. The monoisotopic (exact) mass is 308 g/mol. The molecule has 0 bridgehead atoms. The van der Waals surface area contributed by atoms with Gasteiger partial charge in [-0.1, -0.05) is 19.1 Å². The van der Waals surface area contributed by atoms with Gasteiger partial charge >= 0.3 is 6.03 Å². The highest BCUT2D eigenvalue weighted by atomic mass is 32.2. The fourth-order valence-corrected chi connectivity index (χ4v) is 3.18. The van der Waals surface area contributed by atoms with Crippen LogP contribution in [0.5, 0.6) is 0 Å². The number of aliphatic hydroxyl groups is 1. The molecule has 1 aliphatic heterocycles. The molecule has 0 spiro atoms. The summed E-state index contributed by atoms with van der Waals surface area (Å²) >= 11 is 1.81. The summed E-state index contributed by atoms with van der Waals surface area (Å²) in [5.41, 5.74) is 1.10. The smallest absolute Gasteiger partial charge is 0.317 e. The van der Waals surface area contributed by atoms with Crippen LogP contribution in [0.1, 0.15) is 38.3 Å². The van der Waals surface area contributed by atoms with Crippen molar-refractivity contribution in [3.8, 4) is 0 Å². The Hall–Kier alpha value is -1.20. The second kappa shape index (κ2) is 7.71. The lowest BCUT2D eigenvalue weighted by molar-refractivity contribution is 0.0835. The second-order valence-electron chi connectivity index (χ2n) is 5.42. The summed E-state index contributed by atoms with van der Waals surface area (Å²) in [6, 6.07) is 8.20. The third-order valence-corrected chi connectivity index (χ3v) is 4.61. The quantitative estimate of drug-likeness (QED) is 0.841. The fraction of sp³-hybridized carbons (Fsp3) is 0.562. The third kappa shape index (κ3) is 4.64. The number of nitrogens with one attached hydrogen (secondary N) is 1. The summed E-state index contributed by atoms with van der Waals surface area (Å²) in [6.07, 6.45) is 1.27. The number of hydrogen-bond acceptors (Lipinski definition) is 3. The van der Waals surface area contributed by atoms with Crippen molar-refractivity contribution in [3.63, 3.8) is 0 Å². The third-order valence-electron chi connectivity index (χ3n) is 3.71. The highest BCUT2D eigenvalue weighted by Crippen LogP contribution is 2.21. The first-order valence-electron chi connectivity index (χ1n) is 7.56. The summed E-state index contributed by atoms with van der Waals surface area (Å²) in [4.78, 5) is 15.1. The Morgan fingerprint density at radius 1 is 1.48 bits per heavy atom. The van der Waals surface area contributed by atoms with Gasteiger partial charge in [-0.25, -0.2) is 4.79 Å². The van der Waals surface area contributed by atoms with Gasteiger partial charge in [-0.05, 0) is 43.2 Å². The largest absolute Gasteiger partial charge is 0.391 e. The number of piperidine rings is 1. The van der Waals surface area contributed by atoms with Crippen molar-refractivity contribution in [1.82, 2.24) is 10.2 Å². The first-order valence-corrected chi connectivity index (χ1v) is 8.55. The van der Waals surface area contributed by atoms with Crippen LogP contribution in [0.2, 0.25) is 0 Å². The number of likely N-dealkylation sites (tertiary alicyclic amines) is 1. The number of β-amino-alcohol motifs (C(OH)–C–C–N with tert-alkyl or cyclic N) is 1. The van der Waals surface area contributed by atoms with E-state index < -0.39 is 0 Å².